The van der Waals surface area contributed by atoms with Crippen LogP contribution in [0.5, 0.6) is 0 Å². The Hall–Kier alpha value is 1.53. The van der Waals surface area contributed by atoms with Crippen LogP contribution in [0, 0.1) is 0 Å². The van der Waals surface area contributed by atoms with Gasteiger partial charge >= 0.3 is 30.4 Å². The van der Waals surface area contributed by atoms with E-state index in [-0.39, 0.29) is 43.3 Å². The molecule has 40 valence electrons. The molecule has 0 rings (SSSR count). The van der Waals surface area contributed by atoms with Gasteiger partial charge in [0.1, 0.15) is 0 Å². The Bertz CT molecular complexity index is 35.8. The van der Waals surface area contributed by atoms with Crippen molar-refractivity contribution in [1.29, 1.82) is 0 Å². The zero-order valence-corrected chi connectivity index (χ0v) is 5.14. The van der Waals surface area contributed by atoms with Crippen molar-refractivity contribution in [2.24, 2.45) is 0 Å². The molecule has 0 radical (unpaired) electrons. The number of hydrogen-bond donors (Lipinski definition) is 2. The van der Waals surface area contributed by atoms with Gasteiger partial charge in [-0.15, -0.1) is 0 Å². The van der Waals surface area contributed by atoms with E-state index in [2.05, 4.69) is 16.1 Å². The van der Waals surface area contributed by atoms with Gasteiger partial charge in [0, 0.05) is 11.9 Å². The van der Waals surface area contributed by atoms with Gasteiger partial charge in [0.15, 0.2) is 17.4 Å². The maximum Gasteiger partial charge on any atom is 2.00 e. The van der Waals surface area contributed by atoms with Crippen LogP contribution in [0.1, 0.15) is 2.85 Å². The molecule has 0 aliphatic rings. The molecule has 0 unspecified atom stereocenters. The minimum absolute atomic E-state index is 0. The molecule has 7 heavy (non-hydrogen) atoms. The van der Waals surface area contributed by atoms with Gasteiger partial charge in [-0.05, 0) is 0 Å². The van der Waals surface area contributed by atoms with E-state index in [1.807, 2.05) is 0 Å². The molecule has 0 atom stereocenters. The zero-order valence-electron chi connectivity index (χ0n) is 4.97. The summed E-state index contributed by atoms with van der Waals surface area (Å²) in [6, 6.07) is 0. The second-order valence-electron chi connectivity index (χ2n) is 0.415. The van der Waals surface area contributed by atoms with Crippen LogP contribution >= 0.6 is 11.9 Å². The smallest absolute Gasteiger partial charge is 1.00 e. The van der Waals surface area contributed by atoms with E-state index in [9.17, 15) is 0 Å². The van der Waals surface area contributed by atoms with Gasteiger partial charge < -0.3 is 12.9 Å². The second-order valence-corrected chi connectivity index (χ2v) is 0.594. The molecule has 0 bridgehead atoms. The largest absolute Gasteiger partial charge is 2.00 e. The molecule has 2 N–H and O–H groups in total. The molecule has 0 aromatic heterocycles. The molecule has 0 fully saturated rings. The maximum absolute atomic E-state index is 7.56. The Balaban J connectivity index is -0.0000000133. The quantitative estimate of drug-likeness (QED) is 0.419. The minimum Gasteiger partial charge on any atom is -1.00 e. The molecule has 3 nitrogen and oxygen atoms in total. The van der Waals surface area contributed by atoms with Crippen molar-refractivity contribution < 1.29 is 17.1 Å². The van der Waals surface area contributed by atoms with Gasteiger partial charge in [0.05, 0.1) is 0 Å². The van der Waals surface area contributed by atoms with Crippen LogP contribution < -0.4 is 0 Å². The first-order valence-corrected chi connectivity index (χ1v) is 1.22. The van der Waals surface area contributed by atoms with Crippen molar-refractivity contribution >= 4 is 59.6 Å². The molecule has 0 saturated heterocycles. The van der Waals surface area contributed by atoms with Crippen LogP contribution in [0.3, 0.4) is 0 Å². The fraction of sp³-hybridized carbons (Fsp3) is 0. The van der Waals surface area contributed by atoms with Crippen molar-refractivity contribution in [3.63, 3.8) is 0 Å². The molecule has 0 heterocycles. The Morgan fingerprint density at radius 2 is 1.71 bits per heavy atom. The van der Waals surface area contributed by atoms with Crippen molar-refractivity contribution in [1.82, 2.24) is 0 Å². The average molecular weight is 153 g/mol. The molecule has 0 aromatic carbocycles. The monoisotopic (exact) mass is 152 g/mol. The summed E-state index contributed by atoms with van der Waals surface area (Å²) in [5, 5.41) is 15.1. The Morgan fingerprint density at radius 3 is 1.71 bits per heavy atom. The number of hydrogen-bond acceptors (Lipinski definition) is 3. The van der Waals surface area contributed by atoms with Crippen molar-refractivity contribution in [2.45, 2.75) is 0 Å². The fourth-order valence-corrected chi connectivity index (χ4v) is 0. The minimum atomic E-state index is -1.85. The van der Waals surface area contributed by atoms with E-state index < -0.39 is 7.32 Å². The summed E-state index contributed by atoms with van der Waals surface area (Å²) in [5.41, 5.74) is 0. The van der Waals surface area contributed by atoms with Gasteiger partial charge in [0.2, 0.25) is 0 Å². The first kappa shape index (κ1) is 15.8. The zero-order chi connectivity index (χ0) is 4.28. The number of rotatable bonds is 1. The summed E-state index contributed by atoms with van der Waals surface area (Å²) in [6.07, 6.45) is 0. The summed E-state index contributed by atoms with van der Waals surface area (Å²) in [4.78, 5) is 0. The fourth-order valence-electron chi connectivity index (χ4n) is 0. The van der Waals surface area contributed by atoms with Crippen LogP contribution in [0.4, 0.5) is 0 Å². The van der Waals surface area contributed by atoms with Gasteiger partial charge in [-0.1, -0.05) is 0 Å². The van der Waals surface area contributed by atoms with E-state index in [1.165, 1.54) is 0 Å². The Kier molecular flexibility index (Phi) is 23.7. The summed E-state index contributed by atoms with van der Waals surface area (Å²) in [7, 11) is -1.85. The van der Waals surface area contributed by atoms with Gasteiger partial charge in [0.25, 0.3) is 0 Å². The van der Waals surface area contributed by atoms with Gasteiger partial charge in [-0.25, -0.2) is 0 Å². The Labute approximate surface area is 76.6 Å². The van der Waals surface area contributed by atoms with Gasteiger partial charge in [-0.2, -0.15) is 0 Å². The van der Waals surface area contributed by atoms with Crippen molar-refractivity contribution in [2.75, 3.05) is 0 Å². The summed E-state index contributed by atoms with van der Waals surface area (Å²) in [6.45, 7) is 0. The van der Waals surface area contributed by atoms with E-state index >= 15 is 0 Å². The summed E-state index contributed by atoms with van der Waals surface area (Å²) >= 11 is 4.34. The predicted octanol–water partition coefficient (Wildman–Crippen LogP) is -2.21. The average Bonchev–Trinajstić information content (AvgIpc) is 1.38. The molecule has 0 saturated carbocycles. The topological polar surface area (TPSA) is 49.7 Å². The predicted molar refractivity (Wildman–Crippen MR) is 35.0 cm³/mol. The van der Waals surface area contributed by atoms with E-state index in [1.54, 1.807) is 0 Å². The third-order valence-electron chi connectivity index (χ3n) is 0.0797. The van der Waals surface area contributed by atoms with E-state index in [0.717, 1.165) is 0 Å². The molecular weight excluding hydrogens is 146 g/mol. The molecule has 0 spiro atoms. The first-order chi connectivity index (χ1) is 2.27. The standard InChI is InChI=1S/Al.BClH2O3.Mg.5H/c;2-5-1(3)4;;;;;;/h;3-4H;;;;;;/q;;+2;;;;2*-1. The van der Waals surface area contributed by atoms with Crippen LogP contribution in [0.25, 0.3) is 0 Å². The third kappa shape index (κ3) is 18.5. The molecule has 7 heteroatoms. The second kappa shape index (κ2) is 10.5. The molecule has 0 amide bonds. The van der Waals surface area contributed by atoms with Crippen LogP contribution in [-0.2, 0) is 4.21 Å². The van der Waals surface area contributed by atoms with Gasteiger partial charge in [-0.3, -0.25) is 4.21 Å². The maximum atomic E-state index is 7.56. The normalized spacial score (nSPS) is 5.57. The van der Waals surface area contributed by atoms with Crippen molar-refractivity contribution in [3.05, 3.63) is 0 Å². The van der Waals surface area contributed by atoms with Crippen LogP contribution in [0.15, 0.2) is 0 Å². The van der Waals surface area contributed by atoms with Crippen molar-refractivity contribution in [3.8, 4) is 0 Å². The molecular formula is H7AlBClMgO3. The van der Waals surface area contributed by atoms with E-state index in [4.69, 9.17) is 10.0 Å². The van der Waals surface area contributed by atoms with Crippen LogP contribution in [0.2, 0.25) is 0 Å². The first-order valence-electron chi connectivity index (χ1n) is 0.906. The molecule has 0 aliphatic carbocycles. The Morgan fingerprint density at radius 1 is 1.57 bits per heavy atom. The number of halogens is 1. The molecule has 0 aromatic rings. The SMILES string of the molecule is OB(O)OCl.[AlH3].[H-].[H-].[Mg+2]. The summed E-state index contributed by atoms with van der Waals surface area (Å²) < 4.78 is 3.33. The molecule has 0 aliphatic heterocycles. The summed E-state index contributed by atoms with van der Waals surface area (Å²) in [5.74, 6) is 0. The van der Waals surface area contributed by atoms with E-state index in [0.29, 0.717) is 0 Å². The third-order valence-corrected chi connectivity index (χ3v) is 0.239. The van der Waals surface area contributed by atoms with Crippen LogP contribution in [-0.4, -0.2) is 57.8 Å².